The Balaban J connectivity index is 1.73. The van der Waals surface area contributed by atoms with E-state index < -0.39 is 6.04 Å². The molecule has 28 heavy (non-hydrogen) atoms. The van der Waals surface area contributed by atoms with Crippen LogP contribution in [0.5, 0.6) is 0 Å². The second kappa shape index (κ2) is 7.65. The molecule has 0 N–H and O–H groups in total. The molecule has 1 atom stereocenters. The number of hydrogen-bond donors (Lipinski definition) is 0. The number of carbonyl (C=O) groups is 2. The first kappa shape index (κ1) is 17.9. The molecular formula is C25H21NO2. The zero-order chi connectivity index (χ0) is 19.5. The van der Waals surface area contributed by atoms with E-state index in [1.165, 1.54) is 0 Å². The minimum atomic E-state index is -0.480. The van der Waals surface area contributed by atoms with E-state index in [2.05, 4.69) is 4.90 Å². The molecule has 3 aromatic carbocycles. The Hall–Kier alpha value is -3.46. The first-order valence-electron chi connectivity index (χ1n) is 9.35. The molecular weight excluding hydrogens is 346 g/mol. The predicted octanol–water partition coefficient (Wildman–Crippen LogP) is 4.85. The van der Waals surface area contributed by atoms with Crippen molar-refractivity contribution in [3.8, 4) is 0 Å². The van der Waals surface area contributed by atoms with E-state index in [1.54, 1.807) is 6.08 Å². The van der Waals surface area contributed by atoms with Gasteiger partial charge in [0.15, 0.2) is 5.78 Å². The van der Waals surface area contributed by atoms with Crippen molar-refractivity contribution in [2.75, 3.05) is 4.90 Å². The number of para-hydroxylation sites is 1. The summed E-state index contributed by atoms with van der Waals surface area (Å²) in [5, 5.41) is 0. The molecule has 0 spiro atoms. The van der Waals surface area contributed by atoms with Gasteiger partial charge in [0.05, 0.1) is 0 Å². The second-order valence-electron chi connectivity index (χ2n) is 7.04. The summed E-state index contributed by atoms with van der Waals surface area (Å²) in [4.78, 5) is 27.0. The van der Waals surface area contributed by atoms with Gasteiger partial charge in [-0.15, -0.1) is 0 Å². The maximum absolute atomic E-state index is 12.8. The minimum absolute atomic E-state index is 0.0850. The summed E-state index contributed by atoms with van der Waals surface area (Å²) in [5.41, 5.74) is 5.53. The highest BCUT2D eigenvalue weighted by atomic mass is 16.1. The summed E-state index contributed by atoms with van der Waals surface area (Å²) in [6, 6.07) is 25.0. The van der Waals surface area contributed by atoms with Crippen LogP contribution < -0.4 is 4.90 Å². The molecule has 1 unspecified atom stereocenters. The quantitative estimate of drug-likeness (QED) is 0.368. The third-order valence-corrected chi connectivity index (χ3v) is 5.13. The van der Waals surface area contributed by atoms with E-state index in [9.17, 15) is 9.59 Å². The van der Waals surface area contributed by atoms with Gasteiger partial charge in [-0.1, -0.05) is 78.4 Å². The number of allylic oxidation sites excluding steroid dienone is 1. The molecule has 0 aliphatic carbocycles. The van der Waals surface area contributed by atoms with E-state index in [-0.39, 0.29) is 5.78 Å². The fourth-order valence-corrected chi connectivity index (χ4v) is 3.66. The Labute approximate surface area is 164 Å². The zero-order valence-electron chi connectivity index (χ0n) is 15.7. The molecule has 0 radical (unpaired) electrons. The number of aryl methyl sites for hydroxylation is 1. The minimum Gasteiger partial charge on any atom is -0.353 e. The third-order valence-electron chi connectivity index (χ3n) is 5.13. The number of rotatable bonds is 5. The summed E-state index contributed by atoms with van der Waals surface area (Å²) < 4.78 is 0. The van der Waals surface area contributed by atoms with Crippen LogP contribution >= 0.6 is 0 Å². The Morgan fingerprint density at radius 2 is 1.61 bits per heavy atom. The number of benzene rings is 3. The number of fused-ring (bicyclic) bond motifs is 1. The predicted molar refractivity (Wildman–Crippen MR) is 112 cm³/mol. The summed E-state index contributed by atoms with van der Waals surface area (Å²) in [6.45, 7) is 2.60. The first-order valence-corrected chi connectivity index (χ1v) is 9.35. The van der Waals surface area contributed by atoms with E-state index in [0.29, 0.717) is 12.1 Å². The molecule has 1 aliphatic rings. The first-order chi connectivity index (χ1) is 13.7. The summed E-state index contributed by atoms with van der Waals surface area (Å²) in [6.07, 6.45) is 2.55. The van der Waals surface area contributed by atoms with E-state index in [0.717, 1.165) is 34.2 Å². The van der Waals surface area contributed by atoms with E-state index >= 15 is 0 Å². The van der Waals surface area contributed by atoms with Gasteiger partial charge in [-0.05, 0) is 30.2 Å². The average Bonchev–Trinajstić information content (AvgIpc) is 3.02. The highest BCUT2D eigenvalue weighted by Gasteiger charge is 2.33. The van der Waals surface area contributed by atoms with Crippen LogP contribution in [0.1, 0.15) is 27.0 Å². The summed E-state index contributed by atoms with van der Waals surface area (Å²) >= 11 is 0. The van der Waals surface area contributed by atoms with Gasteiger partial charge >= 0.3 is 0 Å². The van der Waals surface area contributed by atoms with Crippen LogP contribution in [0.25, 0.3) is 5.57 Å². The van der Waals surface area contributed by atoms with Crippen molar-refractivity contribution in [3.63, 3.8) is 0 Å². The second-order valence-corrected chi connectivity index (χ2v) is 7.04. The highest BCUT2D eigenvalue weighted by molar-refractivity contribution is 6.12. The lowest BCUT2D eigenvalue weighted by atomic mass is 9.99. The maximum atomic E-state index is 12.8. The Morgan fingerprint density at radius 1 is 0.929 bits per heavy atom. The van der Waals surface area contributed by atoms with Crippen molar-refractivity contribution in [2.24, 2.45) is 0 Å². The monoisotopic (exact) mass is 367 g/mol. The van der Waals surface area contributed by atoms with E-state index in [4.69, 9.17) is 0 Å². The lowest BCUT2D eigenvalue weighted by Crippen LogP contribution is -2.32. The summed E-state index contributed by atoms with van der Waals surface area (Å²) in [5.74, 6) is -0.0850. The fraction of sp³-hybridized carbons (Fsp3) is 0.120. The normalized spacial score (nSPS) is 16.8. The Morgan fingerprint density at radius 3 is 2.32 bits per heavy atom. The number of nitrogens with zero attached hydrogens (tertiary/aromatic N) is 1. The van der Waals surface area contributed by atoms with Crippen molar-refractivity contribution in [3.05, 3.63) is 107 Å². The Bertz CT molecular complexity index is 1040. The summed E-state index contributed by atoms with van der Waals surface area (Å²) in [7, 11) is 0. The zero-order valence-corrected chi connectivity index (χ0v) is 15.7. The molecule has 0 aromatic heterocycles. The lowest BCUT2D eigenvalue weighted by Gasteiger charge is -2.24. The lowest BCUT2D eigenvalue weighted by molar-refractivity contribution is -0.107. The van der Waals surface area contributed by atoms with Crippen LogP contribution in [-0.2, 0) is 11.3 Å². The van der Waals surface area contributed by atoms with Crippen LogP contribution in [0.3, 0.4) is 0 Å². The molecule has 1 heterocycles. The largest absolute Gasteiger partial charge is 0.353 e. The molecule has 3 aromatic rings. The van der Waals surface area contributed by atoms with E-state index in [1.807, 2.05) is 85.8 Å². The van der Waals surface area contributed by atoms with Crippen LogP contribution in [0.15, 0.2) is 84.9 Å². The smallest absolute Gasteiger partial charge is 0.186 e. The molecule has 0 bridgehead atoms. The fourth-order valence-electron chi connectivity index (χ4n) is 3.66. The van der Waals surface area contributed by atoms with Crippen LogP contribution in [-0.4, -0.2) is 18.1 Å². The molecule has 4 rings (SSSR count). The van der Waals surface area contributed by atoms with Gasteiger partial charge in [0.1, 0.15) is 12.3 Å². The number of carbonyl (C=O) groups excluding carboxylic acids is 2. The highest BCUT2D eigenvalue weighted by Crippen LogP contribution is 2.40. The van der Waals surface area contributed by atoms with Crippen molar-refractivity contribution in [2.45, 2.75) is 19.5 Å². The molecule has 138 valence electrons. The van der Waals surface area contributed by atoms with Crippen LogP contribution in [0.2, 0.25) is 0 Å². The average molecular weight is 367 g/mol. The standard InChI is InChI=1S/C25H21NO2/c1-18-11-13-20(14-12-18)25(28)15-22-21-9-5-6-10-23(21)26(24(22)17-27)16-19-7-3-2-4-8-19/h2-15,17,24H,16H2,1H3. The van der Waals surface area contributed by atoms with Gasteiger partial charge in [-0.3, -0.25) is 4.79 Å². The number of ketones is 1. The van der Waals surface area contributed by atoms with Crippen LogP contribution in [0.4, 0.5) is 5.69 Å². The van der Waals surface area contributed by atoms with Gasteiger partial charge in [-0.2, -0.15) is 0 Å². The van der Waals surface area contributed by atoms with Gasteiger partial charge in [0.25, 0.3) is 0 Å². The van der Waals surface area contributed by atoms with Crippen molar-refractivity contribution >= 4 is 23.3 Å². The molecule has 0 amide bonds. The van der Waals surface area contributed by atoms with Gasteiger partial charge in [-0.25, -0.2) is 0 Å². The topological polar surface area (TPSA) is 37.4 Å². The van der Waals surface area contributed by atoms with Gasteiger partial charge < -0.3 is 9.69 Å². The molecule has 0 fully saturated rings. The SMILES string of the molecule is Cc1ccc(C(=O)C=C2c3ccccc3N(Cc3ccccc3)C2C=O)cc1. The van der Waals surface area contributed by atoms with Gasteiger partial charge in [0.2, 0.25) is 0 Å². The molecule has 0 saturated carbocycles. The maximum Gasteiger partial charge on any atom is 0.186 e. The van der Waals surface area contributed by atoms with Crippen molar-refractivity contribution in [1.29, 1.82) is 0 Å². The molecule has 3 heteroatoms. The molecule has 3 nitrogen and oxygen atoms in total. The van der Waals surface area contributed by atoms with Crippen molar-refractivity contribution in [1.82, 2.24) is 0 Å². The van der Waals surface area contributed by atoms with Crippen LogP contribution in [0, 0.1) is 6.92 Å². The molecule has 0 saturated heterocycles. The number of anilines is 1. The number of aldehydes is 1. The Kier molecular flexibility index (Phi) is 4.90. The van der Waals surface area contributed by atoms with Gasteiger partial charge in [0, 0.05) is 23.4 Å². The molecule has 1 aliphatic heterocycles. The third kappa shape index (κ3) is 3.39. The van der Waals surface area contributed by atoms with Crippen molar-refractivity contribution < 1.29 is 9.59 Å². The number of hydrogen-bond acceptors (Lipinski definition) is 3.